The van der Waals surface area contributed by atoms with E-state index < -0.39 is 4.92 Å². The lowest BCUT2D eigenvalue weighted by Crippen LogP contribution is -2.32. The van der Waals surface area contributed by atoms with Gasteiger partial charge in [-0.25, -0.2) is 4.98 Å². The number of hydrogen-bond acceptors (Lipinski definition) is 9. The van der Waals surface area contributed by atoms with Crippen LogP contribution in [-0.4, -0.2) is 61.1 Å². The van der Waals surface area contributed by atoms with Gasteiger partial charge in [0.15, 0.2) is 16.6 Å². The molecule has 1 aliphatic heterocycles. The molecule has 1 aromatic carbocycles. The van der Waals surface area contributed by atoms with E-state index in [0.29, 0.717) is 41.3 Å². The number of benzene rings is 1. The molecule has 9 nitrogen and oxygen atoms in total. The number of aromatic nitrogens is 1. The lowest BCUT2D eigenvalue weighted by atomic mass is 10.3. The number of anilines is 1. The van der Waals surface area contributed by atoms with Crippen molar-refractivity contribution in [3.05, 3.63) is 39.3 Å². The van der Waals surface area contributed by atoms with Crippen molar-refractivity contribution in [2.24, 2.45) is 0 Å². The summed E-state index contributed by atoms with van der Waals surface area (Å²) in [6, 6.07) is 6.56. The summed E-state index contributed by atoms with van der Waals surface area (Å²) in [7, 11) is 3.94. The number of halogens is 1. The molecule has 166 valence electrons. The molecule has 0 saturated carbocycles. The Morgan fingerprint density at radius 1 is 1.16 bits per heavy atom. The van der Waals surface area contributed by atoms with Crippen molar-refractivity contribution in [3.8, 4) is 11.5 Å². The summed E-state index contributed by atoms with van der Waals surface area (Å²) in [5.74, 6) is 1.02. The van der Waals surface area contributed by atoms with Crippen LogP contribution < -0.4 is 14.4 Å². The highest BCUT2D eigenvalue weighted by Gasteiger charge is 2.25. The zero-order valence-electron chi connectivity index (χ0n) is 16.9. The lowest BCUT2D eigenvalue weighted by Gasteiger charge is -2.20. The fourth-order valence-electron chi connectivity index (χ4n) is 3.07. The second-order valence-corrected chi connectivity index (χ2v) is 9.04. The number of thiazole rings is 1. The Labute approximate surface area is 192 Å². The molecule has 31 heavy (non-hydrogen) atoms. The smallest absolute Gasteiger partial charge is 0.324 e. The number of ether oxygens (including phenoxy) is 2. The zero-order chi connectivity index (χ0) is 21.3. The number of fused-ring (bicyclic) bond motifs is 2. The highest BCUT2D eigenvalue weighted by Crippen LogP contribution is 2.39. The maximum absolute atomic E-state index is 13.2. The Hall–Kier alpha value is -2.47. The monoisotopic (exact) mass is 484 g/mol. The van der Waals surface area contributed by atoms with Gasteiger partial charge in [0.05, 0.1) is 20.0 Å². The van der Waals surface area contributed by atoms with Crippen LogP contribution in [0.25, 0.3) is 10.2 Å². The maximum atomic E-state index is 13.2. The lowest BCUT2D eigenvalue weighted by molar-refractivity contribution is -0.380. The Morgan fingerprint density at radius 2 is 1.87 bits per heavy atom. The van der Waals surface area contributed by atoms with Gasteiger partial charge in [0.1, 0.15) is 13.2 Å². The second kappa shape index (κ2) is 9.77. The number of carbonyl (C=O) groups excluding carboxylic acids is 1. The van der Waals surface area contributed by atoms with Crippen molar-refractivity contribution >= 4 is 61.3 Å². The van der Waals surface area contributed by atoms with E-state index in [1.807, 2.05) is 31.1 Å². The van der Waals surface area contributed by atoms with Crippen molar-refractivity contribution in [2.75, 3.05) is 45.3 Å². The van der Waals surface area contributed by atoms with E-state index in [2.05, 4.69) is 4.98 Å². The Balaban J connectivity index is 0.00000272. The van der Waals surface area contributed by atoms with Gasteiger partial charge in [0.2, 0.25) is 0 Å². The number of thiophene rings is 1. The van der Waals surface area contributed by atoms with Crippen LogP contribution in [0.2, 0.25) is 0 Å². The number of nitrogens with zero attached hydrogens (tertiary/aromatic N) is 4. The van der Waals surface area contributed by atoms with Gasteiger partial charge in [-0.15, -0.1) is 12.4 Å². The fourth-order valence-corrected chi connectivity index (χ4v) is 4.84. The minimum Gasteiger partial charge on any atom is -0.486 e. The molecular formula is C19H21ClN4O5S2. The maximum Gasteiger partial charge on any atom is 0.324 e. The van der Waals surface area contributed by atoms with E-state index in [9.17, 15) is 14.9 Å². The highest BCUT2D eigenvalue weighted by atomic mass is 35.5. The van der Waals surface area contributed by atoms with Crippen LogP contribution in [0.3, 0.4) is 0 Å². The predicted molar refractivity (Wildman–Crippen MR) is 124 cm³/mol. The summed E-state index contributed by atoms with van der Waals surface area (Å²) in [4.78, 5) is 32.4. The molecule has 0 spiro atoms. The van der Waals surface area contributed by atoms with Gasteiger partial charge in [-0.05, 0) is 33.1 Å². The first-order valence-corrected chi connectivity index (χ1v) is 11.0. The van der Waals surface area contributed by atoms with Gasteiger partial charge >= 0.3 is 5.00 Å². The molecule has 0 bridgehead atoms. The molecule has 0 aliphatic carbocycles. The molecule has 3 heterocycles. The number of carbonyl (C=O) groups is 1. The van der Waals surface area contributed by atoms with Crippen molar-refractivity contribution in [1.82, 2.24) is 9.88 Å². The molecule has 1 aliphatic rings. The number of amides is 1. The molecule has 0 atom stereocenters. The SMILES string of the molecule is CN(C)CCCN(C(=O)c1ccc([N+](=O)[O-])s1)c1nc2cc3c(cc2s1)OCCO3.Cl. The Morgan fingerprint density at radius 3 is 2.52 bits per heavy atom. The number of rotatable bonds is 7. The van der Waals surface area contributed by atoms with Crippen LogP contribution in [0.1, 0.15) is 16.1 Å². The summed E-state index contributed by atoms with van der Waals surface area (Å²) < 4.78 is 12.2. The Bertz CT molecular complexity index is 1060. The summed E-state index contributed by atoms with van der Waals surface area (Å²) in [5.41, 5.74) is 0.724. The zero-order valence-corrected chi connectivity index (χ0v) is 19.3. The third kappa shape index (κ3) is 5.06. The van der Waals surface area contributed by atoms with Crippen LogP contribution in [0.5, 0.6) is 11.5 Å². The average molecular weight is 485 g/mol. The van der Waals surface area contributed by atoms with Crippen LogP contribution in [-0.2, 0) is 0 Å². The van der Waals surface area contributed by atoms with Gasteiger partial charge in [-0.2, -0.15) is 0 Å². The minimum absolute atomic E-state index is 0. The van der Waals surface area contributed by atoms with Gasteiger partial charge in [-0.3, -0.25) is 19.8 Å². The minimum atomic E-state index is -0.486. The molecule has 0 radical (unpaired) electrons. The molecule has 0 unspecified atom stereocenters. The largest absolute Gasteiger partial charge is 0.486 e. The standard InChI is InChI=1S/C19H20N4O5S2.ClH/c1-21(2)6-3-7-22(18(24)15-4-5-17(29-15)23(25)26)19-20-12-10-13-14(11-16(12)30-19)28-9-8-27-13;/h4-5,10-11H,3,6-9H2,1-2H3;1H. The van der Waals surface area contributed by atoms with Crippen molar-refractivity contribution in [3.63, 3.8) is 0 Å². The van der Waals surface area contributed by atoms with Crippen LogP contribution >= 0.6 is 35.1 Å². The fraction of sp³-hybridized carbons (Fsp3) is 0.368. The molecule has 0 fully saturated rings. The third-order valence-electron chi connectivity index (χ3n) is 4.49. The average Bonchev–Trinajstić information content (AvgIpc) is 3.35. The van der Waals surface area contributed by atoms with Gasteiger partial charge in [-0.1, -0.05) is 22.7 Å². The van der Waals surface area contributed by atoms with E-state index in [4.69, 9.17) is 9.47 Å². The molecule has 2 aromatic heterocycles. The molecule has 0 N–H and O–H groups in total. The van der Waals surface area contributed by atoms with E-state index in [0.717, 1.165) is 34.5 Å². The normalized spacial score (nSPS) is 12.6. The molecule has 3 aromatic rings. The van der Waals surface area contributed by atoms with E-state index in [1.165, 1.54) is 23.5 Å². The number of hydrogen-bond donors (Lipinski definition) is 0. The molecule has 12 heteroatoms. The topological polar surface area (TPSA) is 98.0 Å². The molecule has 0 saturated heterocycles. The summed E-state index contributed by atoms with van der Waals surface area (Å²) in [6.45, 7) is 2.24. The highest BCUT2D eigenvalue weighted by molar-refractivity contribution is 7.22. The van der Waals surface area contributed by atoms with Crippen molar-refractivity contribution < 1.29 is 19.2 Å². The van der Waals surface area contributed by atoms with Gasteiger partial charge in [0, 0.05) is 24.7 Å². The van der Waals surface area contributed by atoms with Crippen LogP contribution in [0, 0.1) is 10.1 Å². The first-order valence-electron chi connectivity index (χ1n) is 9.33. The van der Waals surface area contributed by atoms with E-state index in [1.54, 1.807) is 4.90 Å². The van der Waals surface area contributed by atoms with Gasteiger partial charge < -0.3 is 14.4 Å². The summed E-state index contributed by atoms with van der Waals surface area (Å²) >= 11 is 2.26. The second-order valence-electron chi connectivity index (χ2n) is 6.97. The summed E-state index contributed by atoms with van der Waals surface area (Å²) in [6.07, 6.45) is 0.741. The number of nitro groups is 1. The predicted octanol–water partition coefficient (Wildman–Crippen LogP) is 4.06. The summed E-state index contributed by atoms with van der Waals surface area (Å²) in [5, 5.41) is 11.5. The quantitative estimate of drug-likeness (QED) is 0.368. The van der Waals surface area contributed by atoms with E-state index >= 15 is 0 Å². The van der Waals surface area contributed by atoms with E-state index in [-0.39, 0.29) is 23.3 Å². The first-order chi connectivity index (χ1) is 14.4. The Kier molecular flexibility index (Phi) is 7.31. The molecule has 1 amide bonds. The van der Waals surface area contributed by atoms with Crippen LogP contribution in [0.15, 0.2) is 24.3 Å². The molecule has 4 rings (SSSR count). The van der Waals surface area contributed by atoms with Gasteiger partial charge in [0.25, 0.3) is 5.91 Å². The first kappa shape index (κ1) is 23.2. The van der Waals surface area contributed by atoms with Crippen molar-refractivity contribution in [2.45, 2.75) is 6.42 Å². The van der Waals surface area contributed by atoms with Crippen molar-refractivity contribution in [1.29, 1.82) is 0 Å². The third-order valence-corrected chi connectivity index (χ3v) is 6.55. The molecular weight excluding hydrogens is 464 g/mol. The van der Waals surface area contributed by atoms with Crippen LogP contribution in [0.4, 0.5) is 10.1 Å².